The van der Waals surface area contributed by atoms with E-state index in [0.717, 1.165) is 24.2 Å². The van der Waals surface area contributed by atoms with Crippen LogP contribution in [-0.2, 0) is 16.0 Å². The molecule has 0 bridgehead atoms. The number of nitrogens with one attached hydrogen (secondary N) is 1. The van der Waals surface area contributed by atoms with Gasteiger partial charge in [-0.1, -0.05) is 28.1 Å². The Morgan fingerprint density at radius 3 is 3.06 bits per heavy atom. The van der Waals surface area contributed by atoms with Gasteiger partial charge in [0.2, 0.25) is 0 Å². The SMILES string of the molecule is Brc1cccc(CNCC2COCCO2)c1. The van der Waals surface area contributed by atoms with Gasteiger partial charge in [0.15, 0.2) is 0 Å². The molecule has 0 spiro atoms. The average molecular weight is 286 g/mol. The molecule has 16 heavy (non-hydrogen) atoms. The minimum atomic E-state index is 0.195. The summed E-state index contributed by atoms with van der Waals surface area (Å²) in [4.78, 5) is 0. The van der Waals surface area contributed by atoms with Crippen molar-refractivity contribution in [1.82, 2.24) is 5.32 Å². The van der Waals surface area contributed by atoms with E-state index in [2.05, 4.69) is 33.4 Å². The molecular weight excluding hydrogens is 270 g/mol. The van der Waals surface area contributed by atoms with Gasteiger partial charge in [0.1, 0.15) is 0 Å². The normalized spacial score (nSPS) is 20.9. The first-order chi connectivity index (χ1) is 7.84. The first-order valence-corrected chi connectivity index (χ1v) is 6.28. The quantitative estimate of drug-likeness (QED) is 0.917. The van der Waals surface area contributed by atoms with E-state index in [-0.39, 0.29) is 6.10 Å². The third kappa shape index (κ3) is 3.87. The fraction of sp³-hybridized carbons (Fsp3) is 0.500. The molecule has 1 unspecified atom stereocenters. The van der Waals surface area contributed by atoms with Gasteiger partial charge < -0.3 is 14.8 Å². The first kappa shape index (κ1) is 12.0. The van der Waals surface area contributed by atoms with Crippen LogP contribution in [0.4, 0.5) is 0 Å². The second-order valence-corrected chi connectivity index (χ2v) is 4.74. The highest BCUT2D eigenvalue weighted by Crippen LogP contribution is 2.11. The lowest BCUT2D eigenvalue weighted by Crippen LogP contribution is -2.37. The standard InChI is InChI=1S/C12H16BrNO2/c13-11-3-1-2-10(6-11)7-14-8-12-9-15-4-5-16-12/h1-3,6,12,14H,4-5,7-9H2. The topological polar surface area (TPSA) is 30.5 Å². The summed E-state index contributed by atoms with van der Waals surface area (Å²) in [7, 11) is 0. The Kier molecular flexibility index (Phi) is 4.78. The van der Waals surface area contributed by atoms with Crippen molar-refractivity contribution in [2.75, 3.05) is 26.4 Å². The van der Waals surface area contributed by atoms with Crippen molar-refractivity contribution in [2.24, 2.45) is 0 Å². The summed E-state index contributed by atoms with van der Waals surface area (Å²) in [6, 6.07) is 8.30. The van der Waals surface area contributed by atoms with Crippen LogP contribution >= 0.6 is 15.9 Å². The number of ether oxygens (including phenoxy) is 2. The molecule has 0 aliphatic carbocycles. The summed E-state index contributed by atoms with van der Waals surface area (Å²) in [6.45, 7) is 3.84. The summed E-state index contributed by atoms with van der Waals surface area (Å²) in [5, 5.41) is 3.37. The summed E-state index contributed by atoms with van der Waals surface area (Å²) in [5.41, 5.74) is 1.27. The minimum absolute atomic E-state index is 0.195. The van der Waals surface area contributed by atoms with Crippen molar-refractivity contribution in [3.8, 4) is 0 Å². The Morgan fingerprint density at radius 1 is 1.38 bits per heavy atom. The Labute approximate surface area is 104 Å². The van der Waals surface area contributed by atoms with E-state index in [9.17, 15) is 0 Å². The largest absolute Gasteiger partial charge is 0.376 e. The summed E-state index contributed by atoms with van der Waals surface area (Å²) in [6.07, 6.45) is 0.195. The van der Waals surface area contributed by atoms with Crippen LogP contribution in [0.25, 0.3) is 0 Å². The van der Waals surface area contributed by atoms with Crippen LogP contribution in [0.1, 0.15) is 5.56 Å². The van der Waals surface area contributed by atoms with Crippen molar-refractivity contribution in [3.05, 3.63) is 34.3 Å². The summed E-state index contributed by atoms with van der Waals surface area (Å²) < 4.78 is 12.0. The Hall–Kier alpha value is -0.420. The fourth-order valence-electron chi connectivity index (χ4n) is 1.68. The van der Waals surface area contributed by atoms with E-state index < -0.39 is 0 Å². The van der Waals surface area contributed by atoms with Gasteiger partial charge in [0.05, 0.1) is 25.9 Å². The molecule has 1 atom stereocenters. The molecule has 1 aliphatic heterocycles. The number of halogens is 1. The molecular formula is C12H16BrNO2. The summed E-state index contributed by atoms with van der Waals surface area (Å²) in [5.74, 6) is 0. The van der Waals surface area contributed by atoms with E-state index in [1.54, 1.807) is 0 Å². The number of hydrogen-bond donors (Lipinski definition) is 1. The zero-order chi connectivity index (χ0) is 11.2. The molecule has 88 valence electrons. The van der Waals surface area contributed by atoms with Gasteiger partial charge in [-0.05, 0) is 17.7 Å². The second kappa shape index (κ2) is 6.35. The maximum absolute atomic E-state index is 5.54. The van der Waals surface area contributed by atoms with Crippen LogP contribution in [0, 0.1) is 0 Å². The zero-order valence-electron chi connectivity index (χ0n) is 9.12. The lowest BCUT2D eigenvalue weighted by molar-refractivity contribution is -0.0864. The molecule has 1 aromatic rings. The van der Waals surface area contributed by atoms with Gasteiger partial charge in [0, 0.05) is 17.6 Å². The molecule has 1 heterocycles. The van der Waals surface area contributed by atoms with Crippen molar-refractivity contribution >= 4 is 15.9 Å². The van der Waals surface area contributed by atoms with Gasteiger partial charge in [-0.15, -0.1) is 0 Å². The van der Waals surface area contributed by atoms with E-state index in [0.29, 0.717) is 13.2 Å². The number of rotatable bonds is 4. The molecule has 2 rings (SSSR count). The molecule has 4 heteroatoms. The molecule has 0 radical (unpaired) electrons. The highest BCUT2D eigenvalue weighted by atomic mass is 79.9. The van der Waals surface area contributed by atoms with Gasteiger partial charge in [-0.25, -0.2) is 0 Å². The van der Waals surface area contributed by atoms with E-state index in [4.69, 9.17) is 9.47 Å². The van der Waals surface area contributed by atoms with Crippen LogP contribution < -0.4 is 5.32 Å². The van der Waals surface area contributed by atoms with Crippen LogP contribution in [-0.4, -0.2) is 32.5 Å². The van der Waals surface area contributed by atoms with E-state index in [1.807, 2.05) is 12.1 Å². The van der Waals surface area contributed by atoms with Crippen molar-refractivity contribution < 1.29 is 9.47 Å². The van der Waals surface area contributed by atoms with E-state index >= 15 is 0 Å². The minimum Gasteiger partial charge on any atom is -0.376 e. The molecule has 0 amide bonds. The second-order valence-electron chi connectivity index (χ2n) is 3.83. The first-order valence-electron chi connectivity index (χ1n) is 5.49. The van der Waals surface area contributed by atoms with Crippen molar-refractivity contribution in [3.63, 3.8) is 0 Å². The predicted octanol–water partition coefficient (Wildman–Crippen LogP) is 1.95. The Balaban J connectivity index is 1.71. The van der Waals surface area contributed by atoms with Crippen LogP contribution in [0.2, 0.25) is 0 Å². The van der Waals surface area contributed by atoms with Crippen molar-refractivity contribution in [2.45, 2.75) is 12.6 Å². The molecule has 1 aromatic carbocycles. The highest BCUT2D eigenvalue weighted by molar-refractivity contribution is 9.10. The lowest BCUT2D eigenvalue weighted by atomic mass is 10.2. The van der Waals surface area contributed by atoms with Crippen LogP contribution in [0.15, 0.2) is 28.7 Å². The zero-order valence-corrected chi connectivity index (χ0v) is 10.7. The monoisotopic (exact) mass is 285 g/mol. The Morgan fingerprint density at radius 2 is 2.31 bits per heavy atom. The number of hydrogen-bond acceptors (Lipinski definition) is 3. The fourth-order valence-corrected chi connectivity index (χ4v) is 2.13. The Bertz CT molecular complexity index is 327. The van der Waals surface area contributed by atoms with Crippen molar-refractivity contribution in [1.29, 1.82) is 0 Å². The van der Waals surface area contributed by atoms with Crippen LogP contribution in [0.5, 0.6) is 0 Å². The molecule has 1 fully saturated rings. The smallest absolute Gasteiger partial charge is 0.0933 e. The lowest BCUT2D eigenvalue weighted by Gasteiger charge is -2.23. The molecule has 3 nitrogen and oxygen atoms in total. The molecule has 1 N–H and O–H groups in total. The van der Waals surface area contributed by atoms with Gasteiger partial charge >= 0.3 is 0 Å². The molecule has 0 aromatic heterocycles. The predicted molar refractivity (Wildman–Crippen MR) is 66.4 cm³/mol. The molecule has 1 aliphatic rings. The van der Waals surface area contributed by atoms with Gasteiger partial charge in [0.25, 0.3) is 0 Å². The average Bonchev–Trinajstić information content (AvgIpc) is 2.30. The van der Waals surface area contributed by atoms with Crippen LogP contribution in [0.3, 0.4) is 0 Å². The third-order valence-electron chi connectivity index (χ3n) is 2.48. The van der Waals surface area contributed by atoms with E-state index in [1.165, 1.54) is 5.56 Å². The van der Waals surface area contributed by atoms with Gasteiger partial charge in [-0.2, -0.15) is 0 Å². The number of benzene rings is 1. The van der Waals surface area contributed by atoms with Gasteiger partial charge in [-0.3, -0.25) is 0 Å². The highest BCUT2D eigenvalue weighted by Gasteiger charge is 2.13. The third-order valence-corrected chi connectivity index (χ3v) is 2.97. The maximum atomic E-state index is 5.54. The maximum Gasteiger partial charge on any atom is 0.0933 e. The molecule has 1 saturated heterocycles. The summed E-state index contributed by atoms with van der Waals surface area (Å²) >= 11 is 3.46. The molecule has 0 saturated carbocycles.